The summed E-state index contributed by atoms with van der Waals surface area (Å²) in [6.45, 7) is 4.40. The van der Waals surface area contributed by atoms with Crippen LogP contribution in [0.4, 0.5) is 0 Å². The van der Waals surface area contributed by atoms with E-state index in [4.69, 9.17) is 4.74 Å². The molecule has 1 aliphatic heterocycles. The number of aliphatic hydroxyl groups is 1. The summed E-state index contributed by atoms with van der Waals surface area (Å²) < 4.78 is 10.2. The van der Waals surface area contributed by atoms with Crippen LogP contribution in [0.25, 0.3) is 0 Å². The molecule has 1 aromatic heterocycles. The first-order valence-corrected chi connectivity index (χ1v) is 11.3. The van der Waals surface area contributed by atoms with Gasteiger partial charge in [-0.1, -0.05) is 48.2 Å². The van der Waals surface area contributed by atoms with Crippen molar-refractivity contribution in [2.75, 3.05) is 6.61 Å². The van der Waals surface area contributed by atoms with Gasteiger partial charge in [0.05, 0.1) is 19.7 Å². The summed E-state index contributed by atoms with van der Waals surface area (Å²) in [6.07, 6.45) is 10.0. The predicted octanol–water partition coefficient (Wildman–Crippen LogP) is 3.55. The van der Waals surface area contributed by atoms with Crippen LogP contribution in [-0.2, 0) is 22.6 Å². The van der Waals surface area contributed by atoms with Crippen molar-refractivity contribution in [3.05, 3.63) is 65.6 Å². The lowest BCUT2D eigenvalue weighted by molar-refractivity contribution is -0.705. The third kappa shape index (κ3) is 4.75. The van der Waals surface area contributed by atoms with E-state index in [-0.39, 0.29) is 5.97 Å². The normalized spacial score (nSPS) is 22.0. The summed E-state index contributed by atoms with van der Waals surface area (Å²) in [4.78, 5) is 11.7. The first-order valence-electron chi connectivity index (χ1n) is 10.4. The van der Waals surface area contributed by atoms with E-state index in [0.29, 0.717) is 13.0 Å². The quantitative estimate of drug-likeness (QED) is 0.388. The minimum atomic E-state index is -1.18. The highest BCUT2D eigenvalue weighted by Crippen LogP contribution is 2.45. The van der Waals surface area contributed by atoms with Gasteiger partial charge in [-0.15, -0.1) is 0 Å². The van der Waals surface area contributed by atoms with Crippen molar-refractivity contribution in [3.8, 4) is 0 Å². The zero-order chi connectivity index (χ0) is 20.3. The van der Waals surface area contributed by atoms with E-state index in [1.54, 1.807) is 0 Å². The number of thioether (sulfide) groups is 1. The Kier molecular flexibility index (Phi) is 6.11. The Labute approximate surface area is 176 Å². The Morgan fingerprint density at radius 1 is 1.38 bits per heavy atom. The van der Waals surface area contributed by atoms with Crippen LogP contribution in [0.2, 0.25) is 0 Å². The zero-order valence-corrected chi connectivity index (χ0v) is 17.7. The Morgan fingerprint density at radius 2 is 2.17 bits per heavy atom. The lowest BCUT2D eigenvalue weighted by Gasteiger charge is -2.30. The smallest absolute Gasteiger partial charge is 0.317 e. The molecule has 1 N–H and O–H groups in total. The van der Waals surface area contributed by atoms with Crippen molar-refractivity contribution < 1.29 is 19.2 Å². The van der Waals surface area contributed by atoms with Crippen LogP contribution in [0.3, 0.4) is 0 Å². The molecule has 0 bridgehead atoms. The van der Waals surface area contributed by atoms with Crippen LogP contribution < -0.4 is 4.57 Å². The molecule has 4 rings (SSSR count). The summed E-state index contributed by atoms with van der Waals surface area (Å²) in [5, 5.41) is 12.9. The fraction of sp³-hybridized carbons (Fsp3) is 0.478. The minimum absolute atomic E-state index is 0.344. The Balaban J connectivity index is 1.33. The molecule has 29 heavy (non-hydrogen) atoms. The summed E-state index contributed by atoms with van der Waals surface area (Å²) in [7, 11) is 0. The second kappa shape index (κ2) is 8.76. The second-order valence-electron chi connectivity index (χ2n) is 8.04. The highest BCUT2D eigenvalue weighted by Gasteiger charge is 2.44. The summed E-state index contributed by atoms with van der Waals surface area (Å²) in [5.41, 5.74) is 0.790. The SMILES string of the molecule is Cc1n(CCCOC(=O)C(c2ccccc2)C2(O)CC=CS2)cc[n+]1CC1CC1. The number of hydrogen-bond donors (Lipinski definition) is 1. The molecule has 2 heterocycles. The fourth-order valence-corrected chi connectivity index (χ4v) is 4.87. The number of rotatable bonds is 9. The van der Waals surface area contributed by atoms with Crippen molar-refractivity contribution in [1.29, 1.82) is 0 Å². The van der Waals surface area contributed by atoms with Crippen LogP contribution in [0.5, 0.6) is 0 Å². The number of benzene rings is 1. The maximum absolute atomic E-state index is 12.9. The average molecular weight is 414 g/mol. The molecule has 1 aromatic carbocycles. The number of carbonyl (C=O) groups is 1. The van der Waals surface area contributed by atoms with Crippen molar-refractivity contribution in [1.82, 2.24) is 4.57 Å². The van der Waals surface area contributed by atoms with Gasteiger partial charge < -0.3 is 9.84 Å². The van der Waals surface area contributed by atoms with Crippen LogP contribution >= 0.6 is 11.8 Å². The molecular weight excluding hydrogens is 384 g/mol. The van der Waals surface area contributed by atoms with Gasteiger partial charge in [0.1, 0.15) is 23.2 Å². The number of aromatic nitrogens is 2. The molecule has 0 saturated heterocycles. The van der Waals surface area contributed by atoms with E-state index in [1.165, 1.54) is 30.4 Å². The zero-order valence-electron chi connectivity index (χ0n) is 16.9. The lowest BCUT2D eigenvalue weighted by atomic mass is 9.91. The van der Waals surface area contributed by atoms with Gasteiger partial charge in [-0.05, 0) is 29.7 Å². The van der Waals surface area contributed by atoms with E-state index < -0.39 is 10.9 Å². The third-order valence-electron chi connectivity index (χ3n) is 5.80. The topological polar surface area (TPSA) is 55.3 Å². The molecule has 1 saturated carbocycles. The molecule has 6 heteroatoms. The maximum atomic E-state index is 12.9. The van der Waals surface area contributed by atoms with E-state index in [2.05, 4.69) is 28.5 Å². The number of imidazole rings is 1. The second-order valence-corrected chi connectivity index (χ2v) is 9.25. The first-order chi connectivity index (χ1) is 14.1. The highest BCUT2D eigenvalue weighted by molar-refractivity contribution is 8.03. The van der Waals surface area contributed by atoms with Gasteiger partial charge in [-0.25, -0.2) is 9.13 Å². The van der Waals surface area contributed by atoms with Gasteiger partial charge in [0.25, 0.3) is 5.82 Å². The highest BCUT2D eigenvalue weighted by atomic mass is 32.2. The van der Waals surface area contributed by atoms with E-state index >= 15 is 0 Å². The van der Waals surface area contributed by atoms with Crippen molar-refractivity contribution >= 4 is 17.7 Å². The van der Waals surface area contributed by atoms with Gasteiger partial charge in [0.2, 0.25) is 0 Å². The van der Waals surface area contributed by atoms with E-state index in [9.17, 15) is 9.90 Å². The van der Waals surface area contributed by atoms with Gasteiger partial charge >= 0.3 is 5.97 Å². The van der Waals surface area contributed by atoms with Crippen LogP contribution in [0.1, 0.15) is 43.0 Å². The van der Waals surface area contributed by atoms with Crippen molar-refractivity contribution in [2.45, 2.75) is 56.5 Å². The molecule has 2 unspecified atom stereocenters. The Bertz CT molecular complexity index is 866. The standard InChI is InChI=1S/C23H29N2O3S/c1-18-24(13-14-25(18)17-19-9-10-19)12-6-15-28-22(26)21(20-7-3-2-4-8-20)23(27)11-5-16-29-23/h2-5,7-8,13-14,16,19,21,27H,6,9-12,15,17H2,1H3/q+1. The molecule has 5 nitrogen and oxygen atoms in total. The molecule has 2 atom stereocenters. The van der Waals surface area contributed by atoms with E-state index in [0.717, 1.165) is 31.0 Å². The molecule has 2 aromatic rings. The number of ether oxygens (including phenoxy) is 1. The molecular formula is C23H29N2O3S+. The van der Waals surface area contributed by atoms with Crippen LogP contribution in [0, 0.1) is 12.8 Å². The largest absolute Gasteiger partial charge is 0.465 e. The molecule has 1 aliphatic carbocycles. The number of hydrogen-bond acceptors (Lipinski definition) is 4. The molecule has 2 aliphatic rings. The Hall–Kier alpha value is -2.05. The Morgan fingerprint density at radius 3 is 2.86 bits per heavy atom. The maximum Gasteiger partial charge on any atom is 0.317 e. The summed E-state index contributed by atoms with van der Waals surface area (Å²) >= 11 is 1.29. The van der Waals surface area contributed by atoms with Crippen LogP contribution in [-0.4, -0.2) is 27.2 Å². The van der Waals surface area contributed by atoms with Gasteiger partial charge in [-0.2, -0.15) is 0 Å². The molecule has 0 amide bonds. The third-order valence-corrected chi connectivity index (χ3v) is 6.93. The number of carbonyl (C=O) groups excluding carboxylic acids is 1. The number of esters is 1. The lowest BCUT2D eigenvalue weighted by Crippen LogP contribution is -2.37. The number of aryl methyl sites for hydroxylation is 1. The van der Waals surface area contributed by atoms with Crippen LogP contribution in [0.15, 0.2) is 54.2 Å². The van der Waals surface area contributed by atoms with Crippen molar-refractivity contribution in [3.63, 3.8) is 0 Å². The van der Waals surface area contributed by atoms with E-state index in [1.807, 2.05) is 41.8 Å². The van der Waals surface area contributed by atoms with Crippen molar-refractivity contribution in [2.24, 2.45) is 5.92 Å². The molecule has 0 spiro atoms. The van der Waals surface area contributed by atoms with Gasteiger partial charge in [-0.3, -0.25) is 4.79 Å². The molecule has 0 radical (unpaired) electrons. The fourth-order valence-electron chi connectivity index (χ4n) is 3.88. The molecule has 1 fully saturated rings. The minimum Gasteiger partial charge on any atom is -0.465 e. The van der Waals surface area contributed by atoms with Gasteiger partial charge in [0.15, 0.2) is 0 Å². The average Bonchev–Trinajstić information content (AvgIpc) is 3.34. The van der Waals surface area contributed by atoms with Gasteiger partial charge in [0, 0.05) is 19.8 Å². The predicted molar refractivity (Wildman–Crippen MR) is 113 cm³/mol. The summed E-state index contributed by atoms with van der Waals surface area (Å²) in [5.74, 6) is 1.04. The molecule has 154 valence electrons. The monoisotopic (exact) mass is 413 g/mol. The summed E-state index contributed by atoms with van der Waals surface area (Å²) in [6, 6.07) is 9.44. The number of nitrogens with zero attached hydrogens (tertiary/aromatic N) is 2. The first kappa shape index (κ1) is 20.2.